The summed E-state index contributed by atoms with van der Waals surface area (Å²) in [4.78, 5) is 0.140. The number of nitrogens with one attached hydrogen (secondary N) is 1. The molecule has 1 aliphatic heterocycles. The number of hydrogen-bond donors (Lipinski definition) is 2. The van der Waals surface area contributed by atoms with Gasteiger partial charge in [-0.2, -0.15) is 0 Å². The Morgan fingerprint density at radius 3 is 2.50 bits per heavy atom. The maximum absolute atomic E-state index is 12.6. The number of nitrogens with two attached hydrogens (primary N) is 1. The highest BCUT2D eigenvalue weighted by atomic mass is 32.2. The molecule has 2 atom stereocenters. The van der Waals surface area contributed by atoms with Gasteiger partial charge in [-0.15, -0.1) is 0 Å². The van der Waals surface area contributed by atoms with Gasteiger partial charge in [-0.1, -0.05) is 0 Å². The Kier molecular flexibility index (Phi) is 3.83. The summed E-state index contributed by atoms with van der Waals surface area (Å²) in [5.41, 5.74) is 7.44. The van der Waals surface area contributed by atoms with Crippen molar-refractivity contribution in [1.29, 1.82) is 0 Å². The van der Waals surface area contributed by atoms with Gasteiger partial charge in [0, 0.05) is 6.61 Å². The normalized spacial score (nSPS) is 26.9. The molecule has 3 N–H and O–H groups in total. The minimum atomic E-state index is -3.66. The Balaban J connectivity index is 2.39. The number of nitrogen functional groups attached to an aromatic ring is 1. The molecule has 2 rings (SSSR count). The van der Waals surface area contributed by atoms with E-state index in [4.69, 9.17) is 10.5 Å². The van der Waals surface area contributed by atoms with Crippen LogP contribution < -0.4 is 10.5 Å². The number of ether oxygens (including phenoxy) is 1. The van der Waals surface area contributed by atoms with E-state index in [1.54, 1.807) is 12.1 Å². The molecule has 0 aromatic heterocycles. The van der Waals surface area contributed by atoms with Crippen molar-refractivity contribution < 1.29 is 13.2 Å². The summed E-state index contributed by atoms with van der Waals surface area (Å²) in [5.74, 6) is 0. The Hall–Kier alpha value is -1.11. The fraction of sp³-hybridized carbons (Fsp3) is 0.571. The first kappa shape index (κ1) is 15.3. The van der Waals surface area contributed by atoms with E-state index in [1.165, 1.54) is 0 Å². The standard InChI is InChI=1S/C14H22N2O3S/c1-9-7-12(15)13(8-10(9)2)20(17,18)16-14(4)5-6-19-11(14)3/h7-8,11,16H,5-6,15H2,1-4H3. The zero-order valence-corrected chi connectivity index (χ0v) is 13.2. The molecule has 1 fully saturated rings. The van der Waals surface area contributed by atoms with Crippen molar-refractivity contribution in [2.45, 2.75) is 50.7 Å². The van der Waals surface area contributed by atoms with Crippen LogP contribution in [0.15, 0.2) is 17.0 Å². The van der Waals surface area contributed by atoms with Gasteiger partial charge in [-0.3, -0.25) is 0 Å². The van der Waals surface area contributed by atoms with Gasteiger partial charge in [0.05, 0.1) is 17.3 Å². The first-order valence-electron chi connectivity index (χ1n) is 6.68. The molecule has 1 heterocycles. The van der Waals surface area contributed by atoms with Crippen LogP contribution in [-0.2, 0) is 14.8 Å². The minimum Gasteiger partial charge on any atom is -0.398 e. The van der Waals surface area contributed by atoms with Gasteiger partial charge in [0.2, 0.25) is 10.0 Å². The van der Waals surface area contributed by atoms with E-state index in [-0.39, 0.29) is 16.7 Å². The second-order valence-electron chi connectivity index (χ2n) is 5.76. The number of anilines is 1. The van der Waals surface area contributed by atoms with E-state index in [0.717, 1.165) is 11.1 Å². The average Bonchev–Trinajstić information content (AvgIpc) is 2.63. The molecule has 0 radical (unpaired) electrons. The molecule has 1 aliphatic rings. The first-order chi connectivity index (χ1) is 9.16. The summed E-state index contributed by atoms with van der Waals surface area (Å²) in [5, 5.41) is 0. The molecule has 2 unspecified atom stereocenters. The monoisotopic (exact) mass is 298 g/mol. The number of rotatable bonds is 3. The molecule has 5 nitrogen and oxygen atoms in total. The van der Waals surface area contributed by atoms with Crippen LogP contribution in [0.5, 0.6) is 0 Å². The smallest absolute Gasteiger partial charge is 0.243 e. The zero-order valence-electron chi connectivity index (χ0n) is 12.4. The van der Waals surface area contributed by atoms with Crippen molar-refractivity contribution in [2.75, 3.05) is 12.3 Å². The molecule has 0 saturated carbocycles. The van der Waals surface area contributed by atoms with Crippen molar-refractivity contribution in [3.63, 3.8) is 0 Å². The molecule has 1 aromatic rings. The molecule has 0 spiro atoms. The molecule has 0 aliphatic carbocycles. The molecule has 20 heavy (non-hydrogen) atoms. The fourth-order valence-electron chi connectivity index (χ4n) is 2.38. The lowest BCUT2D eigenvalue weighted by Gasteiger charge is -2.28. The SMILES string of the molecule is Cc1cc(N)c(S(=O)(=O)NC2(C)CCOC2C)cc1C. The third-order valence-electron chi connectivity index (χ3n) is 4.17. The second-order valence-corrected chi connectivity index (χ2v) is 7.41. The van der Waals surface area contributed by atoms with Gasteiger partial charge in [0.25, 0.3) is 0 Å². The Morgan fingerprint density at radius 1 is 1.35 bits per heavy atom. The van der Waals surface area contributed by atoms with Gasteiger partial charge in [0.1, 0.15) is 4.90 Å². The van der Waals surface area contributed by atoms with E-state index in [1.807, 2.05) is 27.7 Å². The van der Waals surface area contributed by atoms with Crippen LogP contribution in [0.1, 0.15) is 31.4 Å². The minimum absolute atomic E-state index is 0.140. The molecular weight excluding hydrogens is 276 g/mol. The quantitative estimate of drug-likeness (QED) is 0.833. The number of benzene rings is 1. The van der Waals surface area contributed by atoms with Gasteiger partial charge in [-0.05, 0) is 57.4 Å². The molecule has 1 saturated heterocycles. The van der Waals surface area contributed by atoms with E-state index < -0.39 is 15.6 Å². The predicted octanol–water partition coefficient (Wildman–Crippen LogP) is 1.73. The van der Waals surface area contributed by atoms with Crippen LogP contribution in [0.2, 0.25) is 0 Å². The molecule has 0 amide bonds. The number of hydrogen-bond acceptors (Lipinski definition) is 4. The lowest BCUT2D eigenvalue weighted by molar-refractivity contribution is 0.0957. The van der Waals surface area contributed by atoms with Crippen LogP contribution >= 0.6 is 0 Å². The maximum atomic E-state index is 12.6. The highest BCUT2D eigenvalue weighted by Crippen LogP contribution is 2.29. The summed E-state index contributed by atoms with van der Waals surface area (Å²) in [6.07, 6.45) is 0.489. The van der Waals surface area contributed by atoms with Crippen molar-refractivity contribution in [3.05, 3.63) is 23.3 Å². The van der Waals surface area contributed by atoms with E-state index >= 15 is 0 Å². The molecular formula is C14H22N2O3S. The Morgan fingerprint density at radius 2 is 1.95 bits per heavy atom. The van der Waals surface area contributed by atoms with Crippen LogP contribution in [0.25, 0.3) is 0 Å². The largest absolute Gasteiger partial charge is 0.398 e. The van der Waals surface area contributed by atoms with Crippen LogP contribution in [0, 0.1) is 13.8 Å². The summed E-state index contributed by atoms with van der Waals surface area (Å²) < 4.78 is 33.4. The van der Waals surface area contributed by atoms with Crippen LogP contribution in [0.4, 0.5) is 5.69 Å². The van der Waals surface area contributed by atoms with E-state index in [0.29, 0.717) is 13.0 Å². The summed E-state index contributed by atoms with van der Waals surface area (Å²) in [6, 6.07) is 3.32. The van der Waals surface area contributed by atoms with Gasteiger partial charge in [-0.25, -0.2) is 13.1 Å². The summed E-state index contributed by atoms with van der Waals surface area (Å²) in [6.45, 7) is 8.07. The van der Waals surface area contributed by atoms with Crippen LogP contribution in [0.3, 0.4) is 0 Å². The molecule has 112 valence electrons. The van der Waals surface area contributed by atoms with Crippen molar-refractivity contribution in [2.24, 2.45) is 0 Å². The third-order valence-corrected chi connectivity index (χ3v) is 5.84. The van der Waals surface area contributed by atoms with Crippen molar-refractivity contribution in [3.8, 4) is 0 Å². The molecule has 1 aromatic carbocycles. The van der Waals surface area contributed by atoms with E-state index in [2.05, 4.69) is 4.72 Å². The number of aryl methyl sites for hydroxylation is 2. The Bertz CT molecular complexity index is 628. The zero-order chi connectivity index (χ0) is 15.1. The van der Waals surface area contributed by atoms with Gasteiger partial charge >= 0.3 is 0 Å². The summed E-state index contributed by atoms with van der Waals surface area (Å²) >= 11 is 0. The first-order valence-corrected chi connectivity index (χ1v) is 8.16. The third kappa shape index (κ3) is 2.68. The maximum Gasteiger partial charge on any atom is 0.243 e. The van der Waals surface area contributed by atoms with E-state index in [9.17, 15) is 8.42 Å². The summed E-state index contributed by atoms with van der Waals surface area (Å²) in [7, 11) is -3.66. The Labute approximate surface area is 120 Å². The average molecular weight is 298 g/mol. The molecule has 6 heteroatoms. The fourth-order valence-corrected chi connectivity index (χ4v) is 4.07. The molecule has 0 bridgehead atoms. The predicted molar refractivity (Wildman–Crippen MR) is 79.1 cm³/mol. The number of sulfonamides is 1. The highest BCUT2D eigenvalue weighted by Gasteiger charge is 2.41. The van der Waals surface area contributed by atoms with Gasteiger partial charge < -0.3 is 10.5 Å². The van der Waals surface area contributed by atoms with Gasteiger partial charge in [0.15, 0.2) is 0 Å². The topological polar surface area (TPSA) is 81.4 Å². The highest BCUT2D eigenvalue weighted by molar-refractivity contribution is 7.89. The van der Waals surface area contributed by atoms with Crippen LogP contribution in [-0.4, -0.2) is 26.7 Å². The lowest BCUT2D eigenvalue weighted by Crippen LogP contribution is -2.50. The van der Waals surface area contributed by atoms with Crippen molar-refractivity contribution >= 4 is 15.7 Å². The second kappa shape index (κ2) is 5.02. The van der Waals surface area contributed by atoms with Crippen molar-refractivity contribution in [1.82, 2.24) is 4.72 Å². The lowest BCUT2D eigenvalue weighted by atomic mass is 9.97.